The molecule has 0 spiro atoms. The Labute approximate surface area is 134 Å². The van der Waals surface area contributed by atoms with Crippen LogP contribution in [0.1, 0.15) is 18.6 Å². The standard InChI is InChI=1S/C15H23BrO5/c1-12(17)14-11-13(16)3-4-15(14)21-10-9-20-8-7-19-6-5-18-2/h3-4,11-12,17H,5-10H2,1-2H3/t12-/m0/s1. The van der Waals surface area contributed by atoms with Crippen LogP contribution in [0.3, 0.4) is 0 Å². The Morgan fingerprint density at radius 2 is 1.67 bits per heavy atom. The number of hydrogen-bond acceptors (Lipinski definition) is 5. The minimum atomic E-state index is -0.576. The molecule has 0 saturated heterocycles. The molecule has 5 nitrogen and oxygen atoms in total. The molecule has 0 fully saturated rings. The van der Waals surface area contributed by atoms with Crippen molar-refractivity contribution >= 4 is 15.9 Å². The van der Waals surface area contributed by atoms with Crippen LogP contribution in [0.25, 0.3) is 0 Å². The molecule has 0 heterocycles. The van der Waals surface area contributed by atoms with Crippen molar-refractivity contribution in [3.8, 4) is 5.75 Å². The number of rotatable bonds is 11. The monoisotopic (exact) mass is 362 g/mol. The fourth-order valence-corrected chi connectivity index (χ4v) is 2.03. The Morgan fingerprint density at radius 3 is 2.29 bits per heavy atom. The quantitative estimate of drug-likeness (QED) is 0.613. The van der Waals surface area contributed by atoms with Gasteiger partial charge in [0.15, 0.2) is 0 Å². The summed E-state index contributed by atoms with van der Waals surface area (Å²) >= 11 is 3.38. The maximum Gasteiger partial charge on any atom is 0.125 e. The van der Waals surface area contributed by atoms with Gasteiger partial charge in [0.2, 0.25) is 0 Å². The molecule has 0 bridgehead atoms. The van der Waals surface area contributed by atoms with Gasteiger partial charge >= 0.3 is 0 Å². The second kappa shape index (κ2) is 11.0. The molecule has 6 heteroatoms. The molecular formula is C15H23BrO5. The van der Waals surface area contributed by atoms with Crippen LogP contribution in [-0.2, 0) is 14.2 Å². The first-order chi connectivity index (χ1) is 10.1. The third kappa shape index (κ3) is 7.78. The predicted octanol–water partition coefficient (Wildman–Crippen LogP) is 2.56. The van der Waals surface area contributed by atoms with Gasteiger partial charge in [-0.3, -0.25) is 0 Å². The Morgan fingerprint density at radius 1 is 1.05 bits per heavy atom. The summed E-state index contributed by atoms with van der Waals surface area (Å²) in [6.07, 6.45) is -0.576. The normalized spacial score (nSPS) is 12.4. The van der Waals surface area contributed by atoms with Crippen LogP contribution in [0.2, 0.25) is 0 Å². The molecule has 0 aliphatic rings. The maximum atomic E-state index is 9.71. The van der Waals surface area contributed by atoms with Gasteiger partial charge in [-0.2, -0.15) is 0 Å². The van der Waals surface area contributed by atoms with Crippen molar-refractivity contribution in [3.05, 3.63) is 28.2 Å². The smallest absolute Gasteiger partial charge is 0.125 e. The molecule has 21 heavy (non-hydrogen) atoms. The summed E-state index contributed by atoms with van der Waals surface area (Å²) < 4.78 is 22.1. The molecule has 1 aromatic rings. The van der Waals surface area contributed by atoms with Gasteiger partial charge in [-0.05, 0) is 25.1 Å². The summed E-state index contributed by atoms with van der Waals surface area (Å²) in [4.78, 5) is 0. The van der Waals surface area contributed by atoms with Crippen LogP contribution in [0.4, 0.5) is 0 Å². The summed E-state index contributed by atoms with van der Waals surface area (Å²) in [5, 5.41) is 9.71. The lowest BCUT2D eigenvalue weighted by atomic mass is 10.1. The minimum Gasteiger partial charge on any atom is -0.491 e. The highest BCUT2D eigenvalue weighted by molar-refractivity contribution is 9.10. The minimum absolute atomic E-state index is 0.430. The largest absolute Gasteiger partial charge is 0.491 e. The van der Waals surface area contributed by atoms with Crippen LogP contribution < -0.4 is 4.74 Å². The van der Waals surface area contributed by atoms with Crippen LogP contribution in [-0.4, -0.2) is 51.9 Å². The van der Waals surface area contributed by atoms with Crippen molar-refractivity contribution in [2.24, 2.45) is 0 Å². The summed E-state index contributed by atoms with van der Waals surface area (Å²) in [7, 11) is 1.64. The van der Waals surface area contributed by atoms with E-state index in [0.29, 0.717) is 45.4 Å². The van der Waals surface area contributed by atoms with E-state index in [1.807, 2.05) is 18.2 Å². The van der Waals surface area contributed by atoms with Gasteiger partial charge in [0.1, 0.15) is 12.4 Å². The molecule has 0 radical (unpaired) electrons. The molecule has 0 aromatic heterocycles. The molecule has 1 atom stereocenters. The average molecular weight is 363 g/mol. The number of halogens is 1. The Kier molecular flexibility index (Phi) is 9.62. The predicted molar refractivity (Wildman–Crippen MR) is 83.8 cm³/mol. The summed E-state index contributed by atoms with van der Waals surface area (Å²) in [5.74, 6) is 0.674. The second-order valence-corrected chi connectivity index (χ2v) is 5.34. The van der Waals surface area contributed by atoms with E-state index in [2.05, 4.69) is 15.9 Å². The van der Waals surface area contributed by atoms with Gasteiger partial charge in [0.05, 0.1) is 39.1 Å². The highest BCUT2D eigenvalue weighted by Gasteiger charge is 2.09. The first-order valence-electron chi connectivity index (χ1n) is 6.90. The highest BCUT2D eigenvalue weighted by atomic mass is 79.9. The van der Waals surface area contributed by atoms with E-state index < -0.39 is 6.10 Å². The first kappa shape index (κ1) is 18.4. The Hall–Kier alpha value is -0.660. The molecule has 120 valence electrons. The molecule has 1 rings (SSSR count). The van der Waals surface area contributed by atoms with Crippen molar-refractivity contribution in [1.29, 1.82) is 0 Å². The van der Waals surface area contributed by atoms with Gasteiger partial charge in [0, 0.05) is 17.1 Å². The van der Waals surface area contributed by atoms with Crippen molar-refractivity contribution in [2.45, 2.75) is 13.0 Å². The Bertz CT molecular complexity index is 398. The van der Waals surface area contributed by atoms with Crippen molar-refractivity contribution < 1.29 is 24.1 Å². The molecular weight excluding hydrogens is 340 g/mol. The van der Waals surface area contributed by atoms with Crippen molar-refractivity contribution in [3.63, 3.8) is 0 Å². The maximum absolute atomic E-state index is 9.71. The number of methoxy groups -OCH3 is 1. The zero-order valence-electron chi connectivity index (χ0n) is 12.5. The highest BCUT2D eigenvalue weighted by Crippen LogP contribution is 2.28. The lowest BCUT2D eigenvalue weighted by Crippen LogP contribution is -2.13. The van der Waals surface area contributed by atoms with Gasteiger partial charge in [-0.1, -0.05) is 15.9 Å². The summed E-state index contributed by atoms with van der Waals surface area (Å²) in [6, 6.07) is 5.57. The third-order valence-corrected chi connectivity index (χ3v) is 3.20. The fourth-order valence-electron chi connectivity index (χ4n) is 1.65. The lowest BCUT2D eigenvalue weighted by molar-refractivity contribution is 0.0177. The third-order valence-electron chi connectivity index (χ3n) is 2.71. The van der Waals surface area contributed by atoms with Crippen LogP contribution in [0.5, 0.6) is 5.75 Å². The van der Waals surface area contributed by atoms with Crippen LogP contribution in [0.15, 0.2) is 22.7 Å². The van der Waals surface area contributed by atoms with Crippen molar-refractivity contribution in [2.75, 3.05) is 46.8 Å². The van der Waals surface area contributed by atoms with E-state index in [1.54, 1.807) is 14.0 Å². The molecule has 0 unspecified atom stereocenters. The summed E-state index contributed by atoms with van der Waals surface area (Å²) in [5.41, 5.74) is 0.757. The summed E-state index contributed by atoms with van der Waals surface area (Å²) in [6.45, 7) is 4.85. The SMILES string of the molecule is COCCOCCOCCOc1ccc(Br)cc1[C@H](C)O. The lowest BCUT2D eigenvalue weighted by Gasteiger charge is -2.14. The fraction of sp³-hybridized carbons (Fsp3) is 0.600. The zero-order valence-corrected chi connectivity index (χ0v) is 14.1. The van der Waals surface area contributed by atoms with E-state index in [9.17, 15) is 5.11 Å². The zero-order chi connectivity index (χ0) is 15.5. The number of aliphatic hydroxyl groups excluding tert-OH is 1. The molecule has 0 amide bonds. The van der Waals surface area contributed by atoms with Crippen LogP contribution in [0, 0.1) is 0 Å². The van der Waals surface area contributed by atoms with E-state index in [1.165, 1.54) is 0 Å². The number of aliphatic hydroxyl groups is 1. The number of hydrogen-bond donors (Lipinski definition) is 1. The van der Waals surface area contributed by atoms with E-state index in [0.717, 1.165) is 10.0 Å². The van der Waals surface area contributed by atoms with Gasteiger partial charge < -0.3 is 24.1 Å². The van der Waals surface area contributed by atoms with Gasteiger partial charge in [-0.25, -0.2) is 0 Å². The molecule has 0 aliphatic carbocycles. The van der Waals surface area contributed by atoms with E-state index >= 15 is 0 Å². The van der Waals surface area contributed by atoms with E-state index in [-0.39, 0.29) is 0 Å². The first-order valence-corrected chi connectivity index (χ1v) is 7.69. The Balaban J connectivity index is 2.18. The molecule has 1 aromatic carbocycles. The molecule has 0 saturated carbocycles. The molecule has 1 N–H and O–H groups in total. The molecule has 0 aliphatic heterocycles. The van der Waals surface area contributed by atoms with Crippen molar-refractivity contribution in [1.82, 2.24) is 0 Å². The van der Waals surface area contributed by atoms with E-state index in [4.69, 9.17) is 18.9 Å². The topological polar surface area (TPSA) is 57.2 Å². The van der Waals surface area contributed by atoms with Crippen LogP contribution >= 0.6 is 15.9 Å². The second-order valence-electron chi connectivity index (χ2n) is 4.42. The van der Waals surface area contributed by atoms with Gasteiger partial charge in [-0.15, -0.1) is 0 Å². The number of benzene rings is 1. The number of ether oxygens (including phenoxy) is 4. The van der Waals surface area contributed by atoms with Gasteiger partial charge in [0.25, 0.3) is 0 Å². The average Bonchev–Trinajstić information content (AvgIpc) is 2.46.